The first-order chi connectivity index (χ1) is 13.4. The molecule has 1 aliphatic heterocycles. The number of carbonyl (C=O) groups is 1. The van der Waals surface area contributed by atoms with Gasteiger partial charge in [0.05, 0.1) is 21.1 Å². The number of rotatable bonds is 3. The number of aromatic carboxylic acids is 1. The van der Waals surface area contributed by atoms with Crippen LogP contribution in [0.5, 0.6) is 0 Å². The molecule has 5 rings (SSSR count). The fourth-order valence-corrected chi connectivity index (χ4v) is 5.36. The van der Waals surface area contributed by atoms with Gasteiger partial charge in [-0.3, -0.25) is 4.79 Å². The summed E-state index contributed by atoms with van der Waals surface area (Å²) in [5, 5.41) is 9.48. The minimum atomic E-state index is -1.30. The molecule has 1 fully saturated rings. The highest BCUT2D eigenvalue weighted by atomic mass is 79.9. The Kier molecular flexibility index (Phi) is 3.93. The van der Waals surface area contributed by atoms with Crippen LogP contribution in [0.2, 0.25) is 0 Å². The van der Waals surface area contributed by atoms with E-state index in [4.69, 9.17) is 5.73 Å². The number of anilines is 1. The van der Waals surface area contributed by atoms with Gasteiger partial charge in [-0.1, -0.05) is 0 Å². The van der Waals surface area contributed by atoms with Gasteiger partial charge >= 0.3 is 5.97 Å². The Morgan fingerprint density at radius 3 is 2.68 bits per heavy atom. The quantitative estimate of drug-likeness (QED) is 0.705. The average Bonchev–Trinajstić information content (AvgIpc) is 3.31. The van der Waals surface area contributed by atoms with E-state index < -0.39 is 17.2 Å². The second-order valence-electron chi connectivity index (χ2n) is 7.86. The first-order valence-electron chi connectivity index (χ1n) is 9.38. The van der Waals surface area contributed by atoms with E-state index in [1.165, 1.54) is 23.4 Å². The first kappa shape index (κ1) is 17.9. The van der Waals surface area contributed by atoms with Crippen molar-refractivity contribution < 1.29 is 14.3 Å². The van der Waals surface area contributed by atoms with Gasteiger partial charge in [0, 0.05) is 31.4 Å². The summed E-state index contributed by atoms with van der Waals surface area (Å²) in [6, 6.07) is 1.35. The number of aromatic nitrogens is 1. The van der Waals surface area contributed by atoms with Crippen molar-refractivity contribution >= 4 is 38.5 Å². The summed E-state index contributed by atoms with van der Waals surface area (Å²) < 4.78 is 17.5. The van der Waals surface area contributed by atoms with Crippen molar-refractivity contribution in [3.8, 4) is 0 Å². The average molecular weight is 448 g/mol. The minimum absolute atomic E-state index is 0.0325. The second kappa shape index (κ2) is 6.15. The third kappa shape index (κ3) is 2.54. The highest BCUT2D eigenvalue weighted by Crippen LogP contribution is 2.44. The van der Waals surface area contributed by atoms with E-state index in [0.717, 1.165) is 25.7 Å². The summed E-state index contributed by atoms with van der Waals surface area (Å²) in [5.41, 5.74) is 8.62. The Bertz CT molecular complexity index is 1140. The smallest absolute Gasteiger partial charge is 0.341 e. The summed E-state index contributed by atoms with van der Waals surface area (Å²) in [6.07, 6.45) is 5.10. The zero-order chi connectivity index (χ0) is 19.7. The monoisotopic (exact) mass is 447 g/mol. The van der Waals surface area contributed by atoms with Crippen LogP contribution in [0.3, 0.4) is 0 Å². The molecule has 1 aromatic heterocycles. The molecule has 6 nitrogen and oxygen atoms in total. The number of nitrogens with zero attached hydrogens (tertiary/aromatic N) is 2. The largest absolute Gasteiger partial charge is 0.477 e. The van der Waals surface area contributed by atoms with Crippen LogP contribution in [-0.4, -0.2) is 34.8 Å². The normalized spacial score (nSPS) is 21.7. The standard InChI is InChI=1S/C20H19BrFN3O3/c21-16-17-11(19(26)13(20(27)28)8-25(17)10-2-3-10)5-14(22)18(16)24-6-9-1-4-15(23)12(9)7-24/h5,8,10,15H,1-4,6-7,23H2,(H,27,28). The third-order valence-corrected chi connectivity index (χ3v) is 6.82. The van der Waals surface area contributed by atoms with Gasteiger partial charge < -0.3 is 20.3 Å². The number of fused-ring (bicyclic) bond motifs is 1. The topological polar surface area (TPSA) is 88.6 Å². The van der Waals surface area contributed by atoms with E-state index in [1.807, 2.05) is 9.47 Å². The summed E-state index contributed by atoms with van der Waals surface area (Å²) in [4.78, 5) is 26.1. The molecule has 2 aromatic rings. The molecule has 1 saturated carbocycles. The summed E-state index contributed by atoms with van der Waals surface area (Å²) in [7, 11) is 0. The summed E-state index contributed by atoms with van der Waals surface area (Å²) in [5.74, 6) is -1.83. The number of carboxylic acid groups (broad SMARTS) is 1. The lowest BCUT2D eigenvalue weighted by atomic mass is 10.1. The number of hydrogen-bond acceptors (Lipinski definition) is 4. The Morgan fingerprint density at radius 2 is 2.04 bits per heavy atom. The van der Waals surface area contributed by atoms with Crippen LogP contribution < -0.4 is 16.1 Å². The summed E-state index contributed by atoms with van der Waals surface area (Å²) in [6.45, 7) is 1.21. The van der Waals surface area contributed by atoms with Gasteiger partial charge in [-0.05, 0) is 58.8 Å². The predicted octanol–water partition coefficient (Wildman–Crippen LogP) is 3.17. The highest BCUT2D eigenvalue weighted by molar-refractivity contribution is 9.10. The van der Waals surface area contributed by atoms with Crippen LogP contribution in [0.4, 0.5) is 10.1 Å². The molecule has 0 radical (unpaired) electrons. The molecule has 2 aliphatic carbocycles. The number of pyridine rings is 1. The lowest BCUT2D eigenvalue weighted by molar-refractivity contribution is 0.0695. The maximum atomic E-state index is 15.1. The van der Waals surface area contributed by atoms with Gasteiger partial charge in [0.15, 0.2) is 0 Å². The maximum absolute atomic E-state index is 15.1. The van der Waals surface area contributed by atoms with E-state index in [-0.39, 0.29) is 23.0 Å². The zero-order valence-electron chi connectivity index (χ0n) is 15.0. The van der Waals surface area contributed by atoms with Gasteiger partial charge in [-0.15, -0.1) is 0 Å². The molecule has 1 aromatic carbocycles. The van der Waals surface area contributed by atoms with Gasteiger partial charge in [0.2, 0.25) is 5.43 Å². The lowest BCUT2D eigenvalue weighted by Crippen LogP contribution is -2.29. The highest BCUT2D eigenvalue weighted by Gasteiger charge is 2.34. The van der Waals surface area contributed by atoms with Crippen molar-refractivity contribution in [1.29, 1.82) is 0 Å². The first-order valence-corrected chi connectivity index (χ1v) is 10.2. The summed E-state index contributed by atoms with van der Waals surface area (Å²) >= 11 is 3.54. The predicted molar refractivity (Wildman–Crippen MR) is 108 cm³/mol. The minimum Gasteiger partial charge on any atom is -0.477 e. The van der Waals surface area contributed by atoms with E-state index in [1.54, 1.807) is 0 Å². The van der Waals surface area contributed by atoms with Crippen molar-refractivity contribution in [2.45, 2.75) is 37.8 Å². The fourth-order valence-electron chi connectivity index (χ4n) is 4.50. The molecular formula is C20H19BrFN3O3. The molecule has 146 valence electrons. The molecule has 3 N–H and O–H groups in total. The second-order valence-corrected chi connectivity index (χ2v) is 8.66. The molecule has 8 heteroatoms. The molecule has 0 bridgehead atoms. The van der Waals surface area contributed by atoms with Gasteiger partial charge in [0.1, 0.15) is 11.4 Å². The molecule has 0 amide bonds. The molecule has 1 atom stereocenters. The van der Waals surface area contributed by atoms with Crippen molar-refractivity contribution in [3.63, 3.8) is 0 Å². The number of hydrogen-bond donors (Lipinski definition) is 2. The van der Waals surface area contributed by atoms with Gasteiger partial charge in [-0.2, -0.15) is 0 Å². The van der Waals surface area contributed by atoms with Crippen molar-refractivity contribution in [3.05, 3.63) is 49.5 Å². The molecule has 28 heavy (non-hydrogen) atoms. The number of halogens is 2. The Balaban J connectivity index is 1.71. The van der Waals surface area contributed by atoms with Gasteiger partial charge in [-0.25, -0.2) is 9.18 Å². The third-order valence-electron chi connectivity index (χ3n) is 6.07. The van der Waals surface area contributed by atoms with Crippen molar-refractivity contribution in [2.75, 3.05) is 18.0 Å². The molecule has 2 heterocycles. The van der Waals surface area contributed by atoms with Crippen LogP contribution in [0.15, 0.2) is 32.7 Å². The number of nitrogens with two attached hydrogens (primary N) is 1. The van der Waals surface area contributed by atoms with Crippen molar-refractivity contribution in [1.82, 2.24) is 4.57 Å². The Morgan fingerprint density at radius 1 is 1.29 bits per heavy atom. The Hall–Kier alpha value is -2.19. The van der Waals surface area contributed by atoms with E-state index >= 15 is 4.39 Å². The van der Waals surface area contributed by atoms with E-state index in [0.29, 0.717) is 28.8 Å². The lowest BCUT2D eigenvalue weighted by Gasteiger charge is -2.25. The van der Waals surface area contributed by atoms with Crippen LogP contribution in [-0.2, 0) is 0 Å². The molecule has 0 saturated heterocycles. The molecular weight excluding hydrogens is 429 g/mol. The number of carboxylic acids is 1. The molecule has 1 unspecified atom stereocenters. The van der Waals surface area contributed by atoms with E-state index in [9.17, 15) is 14.7 Å². The van der Waals surface area contributed by atoms with Crippen LogP contribution in [0.1, 0.15) is 42.1 Å². The Labute approximate surface area is 168 Å². The molecule has 3 aliphatic rings. The van der Waals surface area contributed by atoms with Crippen LogP contribution in [0, 0.1) is 5.82 Å². The van der Waals surface area contributed by atoms with E-state index in [2.05, 4.69) is 15.9 Å². The SMILES string of the molecule is NC1CCC2=C1CN(c1c(F)cc3c(=O)c(C(=O)O)cn(C4CC4)c3c1Br)C2. The van der Waals surface area contributed by atoms with Crippen LogP contribution >= 0.6 is 15.9 Å². The van der Waals surface area contributed by atoms with Gasteiger partial charge in [0.25, 0.3) is 0 Å². The van der Waals surface area contributed by atoms with Crippen molar-refractivity contribution in [2.24, 2.45) is 5.73 Å². The maximum Gasteiger partial charge on any atom is 0.341 e. The van der Waals surface area contributed by atoms with Crippen LogP contribution in [0.25, 0.3) is 10.9 Å². The number of benzene rings is 1. The molecule has 0 spiro atoms. The fraction of sp³-hybridized carbons (Fsp3) is 0.400. The zero-order valence-corrected chi connectivity index (χ0v) is 16.6.